The minimum absolute atomic E-state index is 0.162. The van der Waals surface area contributed by atoms with E-state index in [2.05, 4.69) is 10.6 Å². The van der Waals surface area contributed by atoms with Crippen LogP contribution in [0.1, 0.15) is 49.0 Å². The van der Waals surface area contributed by atoms with E-state index in [1.165, 1.54) is 4.90 Å². The molecule has 10 heteroatoms. The lowest BCUT2D eigenvalue weighted by molar-refractivity contribution is -0.139. The highest BCUT2D eigenvalue weighted by molar-refractivity contribution is 6.01. The summed E-state index contributed by atoms with van der Waals surface area (Å²) < 4.78 is 11.8. The SMILES string of the molecule is Cc1ccc(OCCN(C)C(=O)[C@@H]2CC(=O)N[C@H](C(C)C)C(=O)N3CCC[C@H]3COc3ccccc3C(=O)N2)cc1. The number of nitrogens with zero attached hydrogens (tertiary/aromatic N) is 2. The molecule has 1 fully saturated rings. The number of nitrogens with one attached hydrogen (secondary N) is 2. The Morgan fingerprint density at radius 3 is 2.56 bits per heavy atom. The van der Waals surface area contributed by atoms with Crippen molar-refractivity contribution < 1.29 is 28.7 Å². The first-order chi connectivity index (χ1) is 19.6. The minimum Gasteiger partial charge on any atom is -0.492 e. The zero-order valence-electron chi connectivity index (χ0n) is 24.2. The summed E-state index contributed by atoms with van der Waals surface area (Å²) in [6.07, 6.45) is 1.28. The molecule has 2 N–H and O–H groups in total. The molecule has 0 saturated carbocycles. The zero-order valence-corrected chi connectivity index (χ0v) is 24.2. The number of ether oxygens (including phenoxy) is 2. The first-order valence-corrected chi connectivity index (χ1v) is 14.2. The molecule has 4 amide bonds. The summed E-state index contributed by atoms with van der Waals surface area (Å²) in [7, 11) is 1.60. The van der Waals surface area contributed by atoms with E-state index in [4.69, 9.17) is 9.47 Å². The first-order valence-electron chi connectivity index (χ1n) is 14.2. The van der Waals surface area contributed by atoms with E-state index in [0.717, 1.165) is 18.4 Å². The first kappa shape index (κ1) is 29.9. The lowest BCUT2D eigenvalue weighted by Crippen LogP contribution is -2.55. The Hall–Kier alpha value is -4.08. The molecule has 2 aliphatic rings. The summed E-state index contributed by atoms with van der Waals surface area (Å²) in [5, 5.41) is 5.59. The molecule has 0 bridgehead atoms. The summed E-state index contributed by atoms with van der Waals surface area (Å²) in [6, 6.07) is 12.3. The number of amides is 4. The number of carbonyl (C=O) groups is 4. The van der Waals surface area contributed by atoms with Gasteiger partial charge in [0.2, 0.25) is 17.7 Å². The maximum atomic E-state index is 13.6. The van der Waals surface area contributed by atoms with Crippen LogP contribution in [0.4, 0.5) is 0 Å². The smallest absolute Gasteiger partial charge is 0.255 e. The molecule has 0 radical (unpaired) electrons. The third kappa shape index (κ3) is 7.56. The predicted molar refractivity (Wildman–Crippen MR) is 154 cm³/mol. The molecule has 2 heterocycles. The van der Waals surface area contributed by atoms with Gasteiger partial charge in [0, 0.05) is 13.6 Å². The molecule has 0 spiro atoms. The van der Waals surface area contributed by atoms with Crippen molar-refractivity contribution in [1.29, 1.82) is 0 Å². The molecule has 0 aromatic heterocycles. The van der Waals surface area contributed by atoms with E-state index >= 15 is 0 Å². The second-order valence-electron chi connectivity index (χ2n) is 11.1. The number of benzene rings is 2. The molecule has 1 saturated heterocycles. The van der Waals surface area contributed by atoms with Gasteiger partial charge in [-0.25, -0.2) is 0 Å². The number of fused-ring (bicyclic) bond motifs is 2. The van der Waals surface area contributed by atoms with Crippen LogP contribution in [0.2, 0.25) is 0 Å². The molecule has 0 unspecified atom stereocenters. The fraction of sp³-hybridized carbons (Fsp3) is 0.484. The van der Waals surface area contributed by atoms with Crippen LogP contribution in [0, 0.1) is 12.8 Å². The van der Waals surface area contributed by atoms with Crippen molar-refractivity contribution in [3.8, 4) is 11.5 Å². The Labute approximate surface area is 241 Å². The number of aryl methyl sites for hydroxylation is 1. The van der Waals surface area contributed by atoms with Crippen LogP contribution in [0.5, 0.6) is 11.5 Å². The summed E-state index contributed by atoms with van der Waals surface area (Å²) in [5.41, 5.74) is 1.37. The van der Waals surface area contributed by atoms with Crippen molar-refractivity contribution in [2.75, 3.05) is 33.4 Å². The topological polar surface area (TPSA) is 117 Å². The van der Waals surface area contributed by atoms with E-state index in [-0.39, 0.29) is 49.6 Å². The Bertz CT molecular complexity index is 1250. The molecule has 41 heavy (non-hydrogen) atoms. The van der Waals surface area contributed by atoms with Gasteiger partial charge in [-0.15, -0.1) is 0 Å². The lowest BCUT2D eigenvalue weighted by atomic mass is 10.0. The average Bonchev–Trinajstić information content (AvgIpc) is 3.43. The van der Waals surface area contributed by atoms with E-state index in [0.29, 0.717) is 18.0 Å². The van der Waals surface area contributed by atoms with E-state index in [1.807, 2.05) is 45.0 Å². The standard InChI is InChI=1S/C31H40N4O6/c1-20(2)28-31(39)35-15-7-8-22(35)19-41-26-10-6-5-9-24(26)29(37)32-25(18-27(36)33-28)30(38)34(4)16-17-40-23-13-11-21(3)12-14-23/h5-6,9-14,20,22,25,28H,7-8,15-19H2,1-4H3,(H,32,37)(H,33,36)/t22-,25-,28+/m0/s1. The summed E-state index contributed by atoms with van der Waals surface area (Å²) in [6.45, 7) is 7.00. The van der Waals surface area contributed by atoms with Crippen LogP contribution in [0.3, 0.4) is 0 Å². The molecule has 220 valence electrons. The highest BCUT2D eigenvalue weighted by Gasteiger charge is 2.37. The third-order valence-electron chi connectivity index (χ3n) is 7.56. The predicted octanol–water partition coefficient (Wildman–Crippen LogP) is 2.55. The second-order valence-corrected chi connectivity index (χ2v) is 11.1. The quantitative estimate of drug-likeness (QED) is 0.557. The van der Waals surface area contributed by atoms with Crippen LogP contribution in [0.25, 0.3) is 0 Å². The monoisotopic (exact) mass is 564 g/mol. The highest BCUT2D eigenvalue weighted by atomic mass is 16.5. The van der Waals surface area contributed by atoms with E-state index in [9.17, 15) is 19.2 Å². The molecule has 2 aromatic rings. The van der Waals surface area contributed by atoms with Crippen molar-refractivity contribution in [1.82, 2.24) is 20.4 Å². The largest absolute Gasteiger partial charge is 0.492 e. The van der Waals surface area contributed by atoms with Gasteiger partial charge in [-0.2, -0.15) is 0 Å². The Morgan fingerprint density at radius 2 is 1.83 bits per heavy atom. The van der Waals surface area contributed by atoms with Crippen LogP contribution >= 0.6 is 0 Å². The van der Waals surface area contributed by atoms with Gasteiger partial charge in [0.05, 0.1) is 24.6 Å². The van der Waals surface area contributed by atoms with Crippen LogP contribution in [-0.4, -0.2) is 84.9 Å². The number of likely N-dealkylation sites (N-methyl/N-ethyl adjacent to an activating group) is 1. The fourth-order valence-corrected chi connectivity index (χ4v) is 5.12. The van der Waals surface area contributed by atoms with Gasteiger partial charge in [0.15, 0.2) is 0 Å². The number of para-hydroxylation sites is 1. The van der Waals surface area contributed by atoms with Crippen molar-refractivity contribution in [2.24, 2.45) is 5.92 Å². The highest BCUT2D eigenvalue weighted by Crippen LogP contribution is 2.24. The molecule has 3 atom stereocenters. The van der Waals surface area contributed by atoms with Crippen molar-refractivity contribution in [2.45, 2.75) is 58.2 Å². The van der Waals surface area contributed by atoms with Gasteiger partial charge in [0.25, 0.3) is 5.91 Å². The Kier molecular flexibility index (Phi) is 9.86. The molecule has 2 aliphatic heterocycles. The van der Waals surface area contributed by atoms with Gasteiger partial charge in [0.1, 0.15) is 36.8 Å². The number of carbonyl (C=O) groups excluding carboxylic acids is 4. The Morgan fingerprint density at radius 1 is 1.10 bits per heavy atom. The minimum atomic E-state index is -1.16. The van der Waals surface area contributed by atoms with E-state index < -0.39 is 29.8 Å². The van der Waals surface area contributed by atoms with Crippen molar-refractivity contribution in [3.63, 3.8) is 0 Å². The number of hydrogen-bond acceptors (Lipinski definition) is 6. The zero-order chi connectivity index (χ0) is 29.5. The van der Waals surface area contributed by atoms with Gasteiger partial charge < -0.3 is 29.9 Å². The van der Waals surface area contributed by atoms with Crippen LogP contribution in [0.15, 0.2) is 48.5 Å². The molecular weight excluding hydrogens is 524 g/mol. The maximum absolute atomic E-state index is 13.6. The van der Waals surface area contributed by atoms with Crippen LogP contribution in [-0.2, 0) is 14.4 Å². The summed E-state index contributed by atoms with van der Waals surface area (Å²) in [5.74, 6) is -0.751. The molecule has 4 rings (SSSR count). The van der Waals surface area contributed by atoms with Crippen molar-refractivity contribution in [3.05, 3.63) is 59.7 Å². The number of hydrogen-bond donors (Lipinski definition) is 2. The summed E-state index contributed by atoms with van der Waals surface area (Å²) >= 11 is 0. The van der Waals surface area contributed by atoms with Gasteiger partial charge in [-0.05, 0) is 49.9 Å². The second kappa shape index (κ2) is 13.5. The van der Waals surface area contributed by atoms with E-state index in [1.54, 1.807) is 36.2 Å². The van der Waals surface area contributed by atoms with Gasteiger partial charge in [-0.1, -0.05) is 43.7 Å². The molecular formula is C31H40N4O6. The Balaban J connectivity index is 1.55. The van der Waals surface area contributed by atoms with Gasteiger partial charge in [-0.3, -0.25) is 19.2 Å². The van der Waals surface area contributed by atoms with Gasteiger partial charge >= 0.3 is 0 Å². The third-order valence-corrected chi connectivity index (χ3v) is 7.56. The summed E-state index contributed by atoms with van der Waals surface area (Å²) in [4.78, 5) is 57.0. The molecule has 0 aliphatic carbocycles. The number of rotatable bonds is 6. The maximum Gasteiger partial charge on any atom is 0.255 e. The van der Waals surface area contributed by atoms with Crippen LogP contribution < -0.4 is 20.1 Å². The normalized spacial score (nSPS) is 21.6. The molecule has 2 aromatic carbocycles. The lowest BCUT2D eigenvalue weighted by Gasteiger charge is -2.32. The van der Waals surface area contributed by atoms with Crippen molar-refractivity contribution >= 4 is 23.6 Å². The average molecular weight is 565 g/mol. The fourth-order valence-electron chi connectivity index (χ4n) is 5.12. The molecule has 10 nitrogen and oxygen atoms in total.